The van der Waals surface area contributed by atoms with Crippen molar-refractivity contribution in [3.63, 3.8) is 0 Å². The quantitative estimate of drug-likeness (QED) is 0.152. The Morgan fingerprint density at radius 1 is 0.219 bits per heavy atom. The molecule has 0 bridgehead atoms. The first kappa shape index (κ1) is 66.3. The normalized spacial score (nSPS) is 12.4. The second-order valence-electron chi connectivity index (χ2n) is 26.8. The number of benzene rings is 14. The van der Waals surface area contributed by atoms with E-state index in [0.29, 0.717) is 0 Å². The van der Waals surface area contributed by atoms with Crippen molar-refractivity contribution in [1.82, 2.24) is 19.9 Å². The maximum atomic E-state index is 4.19. The fraction of sp³-hybridized carbons (Fsp3) is 0.0495. The molecule has 0 N–H and O–H groups in total. The number of aromatic nitrogens is 4. The van der Waals surface area contributed by atoms with Gasteiger partial charge in [0.2, 0.25) is 0 Å². The van der Waals surface area contributed by atoms with Gasteiger partial charge in [0.25, 0.3) is 0 Å². The van der Waals surface area contributed by atoms with Crippen LogP contribution in [0.4, 0.5) is 0 Å². The first-order valence-electron chi connectivity index (χ1n) is 35.6. The predicted molar refractivity (Wildman–Crippen MR) is 440 cm³/mol. The number of aryl methyl sites for hydroxylation is 2. The summed E-state index contributed by atoms with van der Waals surface area (Å²) in [6.45, 7) is 4.45. The van der Waals surface area contributed by atoms with Gasteiger partial charge in [0.05, 0.1) is 33.6 Å². The van der Waals surface area contributed by atoms with Gasteiger partial charge >= 0.3 is 0 Å². The van der Waals surface area contributed by atoms with E-state index in [1.54, 1.807) is 24.8 Å². The molecule has 0 spiro atoms. The smallest absolute Gasteiger partial charge is 0.0886 e. The molecule has 4 aromatic heterocycles. The Balaban J connectivity index is 0.000000127. The molecule has 18 aromatic rings. The van der Waals surface area contributed by atoms with Crippen LogP contribution in [0.3, 0.4) is 0 Å². The number of fused-ring (bicyclic) bond motifs is 12. The molecular formula is C101H76N4. The highest BCUT2D eigenvalue weighted by Crippen LogP contribution is 2.61. The molecule has 0 saturated heterocycles. The topological polar surface area (TPSA) is 51.6 Å². The van der Waals surface area contributed by atoms with Crippen LogP contribution in [0.25, 0.3) is 110 Å². The SMILES string of the molecule is C.Cc1ccc2c(c1)C(c1ccccc1)(c1ccccc1)c1cc(C)c3ccccc3c1-2.c1ccc(-c2ccccn2)nc1.c1ccc(-c2ccccn2)nc1.c1ccc(C2(c3ccccc3)c3cc(-c4ccc5ccccc5c4)ccc3-c3c2cc(-c2ccc4ccccc4c2)c2ccccc32)cc1. The summed E-state index contributed by atoms with van der Waals surface area (Å²) >= 11 is 0. The Labute approximate surface area is 615 Å². The van der Waals surface area contributed by atoms with Gasteiger partial charge in [-0.3, -0.25) is 19.9 Å². The molecular weight excluding hydrogens is 1270 g/mol. The van der Waals surface area contributed by atoms with Gasteiger partial charge in [-0.05, 0) is 224 Å². The minimum absolute atomic E-state index is 0. The molecule has 0 radical (unpaired) electrons. The molecule has 14 aromatic carbocycles. The highest BCUT2D eigenvalue weighted by Gasteiger charge is 2.49. The van der Waals surface area contributed by atoms with E-state index in [4.69, 9.17) is 0 Å². The lowest BCUT2D eigenvalue weighted by Crippen LogP contribution is -2.28. The molecule has 2 aliphatic rings. The molecule has 0 saturated carbocycles. The van der Waals surface area contributed by atoms with Gasteiger partial charge in [-0.1, -0.05) is 316 Å². The summed E-state index contributed by atoms with van der Waals surface area (Å²) < 4.78 is 0. The molecule has 4 heteroatoms. The van der Waals surface area contributed by atoms with Crippen LogP contribution < -0.4 is 0 Å². The van der Waals surface area contributed by atoms with Crippen molar-refractivity contribution in [2.45, 2.75) is 32.1 Å². The molecule has 0 fully saturated rings. The molecule has 105 heavy (non-hydrogen) atoms. The molecule has 0 aliphatic heterocycles. The van der Waals surface area contributed by atoms with Crippen molar-refractivity contribution in [2.75, 3.05) is 0 Å². The molecule has 20 rings (SSSR count). The molecule has 500 valence electrons. The van der Waals surface area contributed by atoms with Gasteiger partial charge in [-0.2, -0.15) is 0 Å². The van der Waals surface area contributed by atoms with Gasteiger partial charge in [-0.25, -0.2) is 0 Å². The van der Waals surface area contributed by atoms with E-state index in [9.17, 15) is 0 Å². The molecule has 0 unspecified atom stereocenters. The van der Waals surface area contributed by atoms with Crippen LogP contribution in [0.5, 0.6) is 0 Å². The number of nitrogens with zero attached hydrogens (tertiary/aromatic N) is 4. The molecule has 0 atom stereocenters. The van der Waals surface area contributed by atoms with Crippen molar-refractivity contribution in [3.8, 4) is 67.3 Å². The van der Waals surface area contributed by atoms with E-state index in [1.807, 2.05) is 72.8 Å². The molecule has 4 nitrogen and oxygen atoms in total. The molecule has 2 aliphatic carbocycles. The monoisotopic (exact) mass is 1340 g/mol. The Bertz CT molecular complexity index is 5860. The minimum Gasteiger partial charge on any atom is -0.255 e. The van der Waals surface area contributed by atoms with E-state index in [-0.39, 0.29) is 12.8 Å². The van der Waals surface area contributed by atoms with Crippen LogP contribution in [0, 0.1) is 13.8 Å². The van der Waals surface area contributed by atoms with Gasteiger partial charge in [0, 0.05) is 24.8 Å². The van der Waals surface area contributed by atoms with Crippen molar-refractivity contribution < 1.29 is 0 Å². The summed E-state index contributed by atoms with van der Waals surface area (Å²) in [5, 5.41) is 10.3. The zero-order valence-corrected chi connectivity index (χ0v) is 57.9. The third-order valence-corrected chi connectivity index (χ3v) is 20.8. The van der Waals surface area contributed by atoms with Crippen LogP contribution in [-0.4, -0.2) is 19.9 Å². The fourth-order valence-corrected chi connectivity index (χ4v) is 16.2. The van der Waals surface area contributed by atoms with Crippen LogP contribution in [0.2, 0.25) is 0 Å². The third-order valence-electron chi connectivity index (χ3n) is 20.8. The number of hydrogen-bond acceptors (Lipinski definition) is 4. The van der Waals surface area contributed by atoms with Crippen molar-refractivity contribution >= 4 is 43.1 Å². The molecule has 4 heterocycles. The second-order valence-corrected chi connectivity index (χ2v) is 26.8. The van der Waals surface area contributed by atoms with E-state index in [2.05, 4.69) is 337 Å². The van der Waals surface area contributed by atoms with Crippen LogP contribution in [-0.2, 0) is 10.8 Å². The van der Waals surface area contributed by atoms with Gasteiger partial charge in [0.15, 0.2) is 0 Å². The van der Waals surface area contributed by atoms with Crippen molar-refractivity contribution in [1.29, 1.82) is 0 Å². The maximum Gasteiger partial charge on any atom is 0.0886 e. The van der Waals surface area contributed by atoms with Crippen molar-refractivity contribution in [3.05, 3.63) is 457 Å². The Hall–Kier alpha value is -13.3. The maximum absolute atomic E-state index is 4.19. The van der Waals surface area contributed by atoms with Gasteiger partial charge in [0.1, 0.15) is 0 Å². The lowest BCUT2D eigenvalue weighted by molar-refractivity contribution is 0.767. The first-order valence-corrected chi connectivity index (χ1v) is 35.6. The van der Waals surface area contributed by atoms with Crippen molar-refractivity contribution in [2.24, 2.45) is 0 Å². The van der Waals surface area contributed by atoms with Gasteiger partial charge in [-0.15, -0.1) is 0 Å². The van der Waals surface area contributed by atoms with E-state index < -0.39 is 5.41 Å². The Kier molecular flexibility index (Phi) is 18.3. The highest BCUT2D eigenvalue weighted by atomic mass is 14.8. The van der Waals surface area contributed by atoms with E-state index in [0.717, 1.165) is 22.8 Å². The van der Waals surface area contributed by atoms with E-state index >= 15 is 0 Å². The van der Waals surface area contributed by atoms with E-state index in [1.165, 1.54) is 143 Å². The summed E-state index contributed by atoms with van der Waals surface area (Å²) in [7, 11) is 0. The van der Waals surface area contributed by atoms with Crippen LogP contribution in [0.1, 0.15) is 63.1 Å². The first-order chi connectivity index (χ1) is 51.4. The van der Waals surface area contributed by atoms with Gasteiger partial charge < -0.3 is 0 Å². The number of hydrogen-bond donors (Lipinski definition) is 0. The summed E-state index contributed by atoms with van der Waals surface area (Å²) in [4.78, 5) is 16.7. The summed E-state index contributed by atoms with van der Waals surface area (Å²) in [5.74, 6) is 0. The Morgan fingerprint density at radius 3 is 1.00 bits per heavy atom. The third kappa shape index (κ3) is 12.1. The minimum atomic E-state index is -0.518. The van der Waals surface area contributed by atoms with Crippen LogP contribution in [0.15, 0.2) is 401 Å². The lowest BCUT2D eigenvalue weighted by Gasteiger charge is -2.34. The summed E-state index contributed by atoms with van der Waals surface area (Å²) in [6, 6.07) is 136. The average Bonchev–Trinajstić information content (AvgIpc) is 1.53. The zero-order valence-electron chi connectivity index (χ0n) is 57.9. The predicted octanol–water partition coefficient (Wildman–Crippen LogP) is 25.6. The molecule has 0 amide bonds. The zero-order chi connectivity index (χ0) is 69.8. The number of rotatable bonds is 8. The average molecular weight is 1350 g/mol. The Morgan fingerprint density at radius 2 is 0.552 bits per heavy atom. The number of pyridine rings is 4. The van der Waals surface area contributed by atoms with Crippen LogP contribution >= 0.6 is 0 Å². The fourth-order valence-electron chi connectivity index (χ4n) is 16.2. The summed E-state index contributed by atoms with van der Waals surface area (Å²) in [6.07, 6.45) is 7.07. The summed E-state index contributed by atoms with van der Waals surface area (Å²) in [5.41, 5.74) is 26.4. The second kappa shape index (κ2) is 29.0. The highest BCUT2D eigenvalue weighted by molar-refractivity contribution is 6.11. The standard InChI is InChI=1S/C49H32.C31H24.2C10H8N2.CH4/c1-3-17-40(18-4-1)49(41-19-5-2-6-20-41)46-31-38(37-25-23-33-13-7-9-15-35(33)29-37)27-28-44(46)48-43-22-12-11-21-42(43)45(32-47(48)49)39-26-24-34-14-8-10-16-36(34)30-39;1-21-17-18-27-28(19-21)31(23-11-5-3-6-12-23,24-13-7-4-8-14-24)29-20-22(2)25-15-9-10-16-26(25)30(27)29;2*1-3-7-11-9(5-1)10-6-2-4-8-12-10;/h1-32H;3-20H,1-2H3;2*1-8H;1H4. The largest absolute Gasteiger partial charge is 0.255 e. The lowest BCUT2D eigenvalue weighted by atomic mass is 9.67.